The summed E-state index contributed by atoms with van der Waals surface area (Å²) >= 11 is 0. The Morgan fingerprint density at radius 1 is 1.00 bits per heavy atom. The van der Waals surface area contributed by atoms with Gasteiger partial charge in [0.1, 0.15) is 5.76 Å². The van der Waals surface area contributed by atoms with Gasteiger partial charge in [-0.05, 0) is 72.9 Å². The fraction of sp³-hybridized carbons (Fsp3) is 0.190. The fourth-order valence-electron chi connectivity index (χ4n) is 3.32. The molecule has 1 aromatic heterocycles. The third-order valence-electron chi connectivity index (χ3n) is 4.78. The second-order valence-electron chi connectivity index (χ2n) is 6.72. The molecule has 4 rings (SSSR count). The highest BCUT2D eigenvalue weighted by atomic mass is 32.2. The van der Waals surface area contributed by atoms with Gasteiger partial charge < -0.3 is 9.73 Å². The van der Waals surface area contributed by atoms with Gasteiger partial charge in [0.15, 0.2) is 0 Å². The third-order valence-corrected chi connectivity index (χ3v) is 6.18. The van der Waals surface area contributed by atoms with E-state index in [9.17, 15) is 13.2 Å². The van der Waals surface area contributed by atoms with Gasteiger partial charge in [0.2, 0.25) is 10.0 Å². The van der Waals surface area contributed by atoms with E-state index in [2.05, 4.69) is 10.0 Å². The van der Waals surface area contributed by atoms with Crippen molar-refractivity contribution >= 4 is 21.6 Å². The number of benzene rings is 2. The Morgan fingerprint density at radius 2 is 1.86 bits per heavy atom. The zero-order valence-corrected chi connectivity index (χ0v) is 16.0. The predicted molar refractivity (Wildman–Crippen MR) is 106 cm³/mol. The van der Waals surface area contributed by atoms with E-state index < -0.39 is 10.0 Å². The molecule has 0 saturated heterocycles. The summed E-state index contributed by atoms with van der Waals surface area (Å²) in [4.78, 5) is 12.6. The maximum atomic E-state index is 12.6. The number of amides is 1. The van der Waals surface area contributed by atoms with Crippen molar-refractivity contribution in [2.75, 3.05) is 5.32 Å². The lowest BCUT2D eigenvalue weighted by Gasteiger charge is -2.09. The quantitative estimate of drug-likeness (QED) is 0.667. The molecule has 1 amide bonds. The summed E-state index contributed by atoms with van der Waals surface area (Å²) in [6.45, 7) is 0.0425. The second-order valence-corrected chi connectivity index (χ2v) is 8.49. The van der Waals surface area contributed by atoms with Crippen LogP contribution < -0.4 is 10.0 Å². The molecule has 0 unspecified atom stereocenters. The lowest BCUT2D eigenvalue weighted by Crippen LogP contribution is -2.23. The molecule has 2 aromatic carbocycles. The largest absolute Gasteiger partial charge is 0.468 e. The normalized spacial score (nSPS) is 13.3. The summed E-state index contributed by atoms with van der Waals surface area (Å²) in [5.41, 5.74) is 3.58. The summed E-state index contributed by atoms with van der Waals surface area (Å²) in [5.74, 6) is 0.162. The minimum Gasteiger partial charge on any atom is -0.468 e. The molecule has 0 saturated carbocycles. The van der Waals surface area contributed by atoms with Gasteiger partial charge in [-0.25, -0.2) is 13.1 Å². The Labute approximate surface area is 163 Å². The van der Waals surface area contributed by atoms with Crippen LogP contribution in [0, 0.1) is 0 Å². The molecule has 0 bridgehead atoms. The molecule has 0 atom stereocenters. The van der Waals surface area contributed by atoms with Gasteiger partial charge in [-0.3, -0.25) is 4.79 Å². The van der Waals surface area contributed by atoms with E-state index >= 15 is 0 Å². The van der Waals surface area contributed by atoms with Crippen LogP contribution in [0.3, 0.4) is 0 Å². The van der Waals surface area contributed by atoms with E-state index in [-0.39, 0.29) is 22.9 Å². The third kappa shape index (κ3) is 4.00. The number of rotatable bonds is 6. The molecule has 0 radical (unpaired) electrons. The molecule has 3 aromatic rings. The minimum atomic E-state index is -3.76. The standard InChI is InChI=1S/C21H20N2O4S/c24-21(23-18-10-9-15-4-1-5-16(15)12-18)17-6-2-8-20(13-17)28(25,26)22-14-19-7-3-11-27-19/h2-3,6-13,22H,1,4-5,14H2,(H,23,24). The Hall–Kier alpha value is -2.90. The van der Waals surface area contributed by atoms with Crippen LogP contribution in [0.2, 0.25) is 0 Å². The number of hydrogen-bond acceptors (Lipinski definition) is 4. The molecule has 6 nitrogen and oxygen atoms in total. The molecule has 1 aliphatic carbocycles. The van der Waals surface area contributed by atoms with E-state index in [0.29, 0.717) is 5.76 Å². The first-order valence-corrected chi connectivity index (χ1v) is 10.5. The first-order valence-electron chi connectivity index (χ1n) is 9.06. The van der Waals surface area contributed by atoms with Crippen LogP contribution in [-0.4, -0.2) is 14.3 Å². The van der Waals surface area contributed by atoms with Crippen molar-refractivity contribution in [3.8, 4) is 0 Å². The minimum absolute atomic E-state index is 0.0284. The van der Waals surface area contributed by atoms with E-state index in [1.165, 1.54) is 29.5 Å². The molecule has 0 fully saturated rings. The number of carbonyl (C=O) groups is 1. The van der Waals surface area contributed by atoms with Gasteiger partial charge in [-0.1, -0.05) is 12.1 Å². The Morgan fingerprint density at radius 3 is 2.68 bits per heavy atom. The second kappa shape index (κ2) is 7.61. The van der Waals surface area contributed by atoms with Gasteiger partial charge in [0, 0.05) is 11.3 Å². The monoisotopic (exact) mass is 396 g/mol. The number of carbonyl (C=O) groups excluding carboxylic acids is 1. The summed E-state index contributed by atoms with van der Waals surface area (Å²) in [5, 5.41) is 2.85. The van der Waals surface area contributed by atoms with Gasteiger partial charge >= 0.3 is 0 Å². The summed E-state index contributed by atoms with van der Waals surface area (Å²) in [7, 11) is -3.76. The number of nitrogens with one attached hydrogen (secondary N) is 2. The summed E-state index contributed by atoms with van der Waals surface area (Å²) < 4.78 is 32.6. The highest BCUT2D eigenvalue weighted by molar-refractivity contribution is 7.89. The van der Waals surface area contributed by atoms with Crippen LogP contribution in [0.4, 0.5) is 5.69 Å². The maximum Gasteiger partial charge on any atom is 0.255 e. The summed E-state index contributed by atoms with van der Waals surface area (Å²) in [6.07, 6.45) is 4.72. The van der Waals surface area contributed by atoms with E-state index in [4.69, 9.17) is 4.42 Å². The highest BCUT2D eigenvalue weighted by Gasteiger charge is 2.17. The zero-order valence-electron chi connectivity index (χ0n) is 15.1. The molecule has 1 heterocycles. The van der Waals surface area contributed by atoms with Crippen molar-refractivity contribution in [2.45, 2.75) is 30.7 Å². The van der Waals surface area contributed by atoms with Crippen LogP contribution in [-0.2, 0) is 29.4 Å². The lowest BCUT2D eigenvalue weighted by molar-refractivity contribution is 0.102. The van der Waals surface area contributed by atoms with E-state index in [1.54, 1.807) is 24.3 Å². The van der Waals surface area contributed by atoms with Crippen molar-refractivity contribution in [1.29, 1.82) is 0 Å². The molecule has 7 heteroatoms. The lowest BCUT2D eigenvalue weighted by atomic mass is 10.1. The van der Waals surface area contributed by atoms with E-state index in [1.807, 2.05) is 18.2 Å². The SMILES string of the molecule is O=C(Nc1ccc2c(c1)CCC2)c1cccc(S(=O)(=O)NCc2ccco2)c1. The highest BCUT2D eigenvalue weighted by Crippen LogP contribution is 2.25. The van der Waals surface area contributed by atoms with E-state index in [0.717, 1.165) is 24.9 Å². The molecule has 1 aliphatic rings. The predicted octanol–water partition coefficient (Wildman–Crippen LogP) is 3.50. The zero-order chi connectivity index (χ0) is 19.6. The first kappa shape index (κ1) is 18.5. The average Bonchev–Trinajstić information content (AvgIpc) is 3.38. The number of sulfonamides is 1. The van der Waals surface area contributed by atoms with Crippen LogP contribution in [0.15, 0.2) is 70.2 Å². The van der Waals surface area contributed by atoms with Crippen LogP contribution in [0.25, 0.3) is 0 Å². The van der Waals surface area contributed by atoms with Gasteiger partial charge in [0.25, 0.3) is 5.91 Å². The van der Waals surface area contributed by atoms with Crippen LogP contribution >= 0.6 is 0 Å². The molecular formula is C21H20N2O4S. The molecule has 28 heavy (non-hydrogen) atoms. The topological polar surface area (TPSA) is 88.4 Å². The number of fused-ring (bicyclic) bond motifs is 1. The fourth-order valence-corrected chi connectivity index (χ4v) is 4.36. The number of hydrogen-bond donors (Lipinski definition) is 2. The van der Waals surface area contributed by atoms with Gasteiger partial charge in [-0.2, -0.15) is 0 Å². The first-order chi connectivity index (χ1) is 13.5. The van der Waals surface area contributed by atoms with Crippen molar-refractivity contribution < 1.29 is 17.6 Å². The number of furan rings is 1. The average molecular weight is 396 g/mol. The maximum absolute atomic E-state index is 12.6. The number of anilines is 1. The molecule has 0 aliphatic heterocycles. The van der Waals surface area contributed by atoms with Crippen molar-refractivity contribution in [3.63, 3.8) is 0 Å². The Balaban J connectivity index is 1.48. The summed E-state index contributed by atoms with van der Waals surface area (Å²) in [6, 6.07) is 15.3. The Bertz CT molecular complexity index is 1110. The smallest absolute Gasteiger partial charge is 0.255 e. The van der Waals surface area contributed by atoms with Crippen molar-refractivity contribution in [2.24, 2.45) is 0 Å². The Kier molecular flexibility index (Phi) is 5.02. The van der Waals surface area contributed by atoms with Crippen molar-refractivity contribution in [1.82, 2.24) is 4.72 Å². The molecular weight excluding hydrogens is 376 g/mol. The van der Waals surface area contributed by atoms with Crippen LogP contribution in [0.5, 0.6) is 0 Å². The van der Waals surface area contributed by atoms with Gasteiger partial charge in [-0.15, -0.1) is 0 Å². The molecule has 0 spiro atoms. The van der Waals surface area contributed by atoms with Crippen molar-refractivity contribution in [3.05, 3.63) is 83.3 Å². The van der Waals surface area contributed by atoms with Crippen LogP contribution in [0.1, 0.15) is 33.7 Å². The van der Waals surface area contributed by atoms with Gasteiger partial charge in [0.05, 0.1) is 17.7 Å². The molecule has 2 N–H and O–H groups in total. The number of aryl methyl sites for hydroxylation is 2. The molecule has 144 valence electrons.